The maximum atomic E-state index is 12.8. The Balaban J connectivity index is 1.94. The number of aromatic nitrogens is 1. The van der Waals surface area contributed by atoms with Crippen LogP contribution in [0.3, 0.4) is 0 Å². The van der Waals surface area contributed by atoms with Crippen LogP contribution in [0.15, 0.2) is 27.4 Å². The molecule has 0 aliphatic heterocycles. The minimum atomic E-state index is -4.53. The Morgan fingerprint density at radius 3 is 2.81 bits per heavy atom. The first-order valence-electron chi connectivity index (χ1n) is 6.71. The van der Waals surface area contributed by atoms with Crippen molar-refractivity contribution in [2.45, 2.75) is 12.8 Å². The van der Waals surface area contributed by atoms with Crippen LogP contribution >= 0.6 is 0 Å². The van der Waals surface area contributed by atoms with E-state index in [0.29, 0.717) is 29.2 Å². The van der Waals surface area contributed by atoms with E-state index < -0.39 is 21.7 Å². The van der Waals surface area contributed by atoms with Gasteiger partial charge in [0.25, 0.3) is 0 Å². The van der Waals surface area contributed by atoms with Gasteiger partial charge in [-0.05, 0) is 30.9 Å². The zero-order valence-electron chi connectivity index (χ0n) is 11.2. The van der Waals surface area contributed by atoms with Gasteiger partial charge in [-0.25, -0.2) is 4.79 Å². The van der Waals surface area contributed by atoms with E-state index in [4.69, 9.17) is 4.42 Å². The molecule has 0 spiro atoms. The molecule has 1 aliphatic carbocycles. The van der Waals surface area contributed by atoms with Gasteiger partial charge in [-0.2, -0.15) is 8.42 Å². The van der Waals surface area contributed by atoms with E-state index in [2.05, 4.69) is 4.98 Å². The molecule has 1 aromatic heterocycles. The van der Waals surface area contributed by atoms with Crippen LogP contribution < -0.4 is 10.7 Å². The molecule has 1 aliphatic rings. The van der Waals surface area contributed by atoms with E-state index >= 15 is 0 Å². The zero-order chi connectivity index (χ0) is 15.0. The largest absolute Gasteiger partial charge is 0.417 e. The van der Waals surface area contributed by atoms with Crippen LogP contribution in [0.1, 0.15) is 12.8 Å². The molecule has 0 atom stereocenters. The predicted octanol–water partition coefficient (Wildman–Crippen LogP) is 1.64. The topological polar surface area (TPSA) is 83.4 Å². The molecule has 0 amide bonds. The lowest BCUT2D eigenvalue weighted by molar-refractivity contribution is 0.546. The molecule has 0 unspecified atom stereocenters. The highest BCUT2D eigenvalue weighted by Gasteiger charge is 2.26. The number of anilines is 1. The van der Waals surface area contributed by atoms with Crippen molar-refractivity contribution in [3.63, 3.8) is 0 Å². The lowest BCUT2D eigenvalue weighted by Crippen LogP contribution is -2.30. The summed E-state index contributed by atoms with van der Waals surface area (Å²) in [7, 11) is -4.53. The summed E-state index contributed by atoms with van der Waals surface area (Å²) >= 11 is 0. The van der Waals surface area contributed by atoms with Crippen molar-refractivity contribution in [2.24, 2.45) is 5.92 Å². The van der Waals surface area contributed by atoms with Gasteiger partial charge in [-0.15, -0.1) is 3.89 Å². The van der Waals surface area contributed by atoms with Crippen LogP contribution in [0.4, 0.5) is 9.57 Å². The summed E-state index contributed by atoms with van der Waals surface area (Å²) in [6, 6.07) is 5.18. The number of aromatic amines is 1. The maximum absolute atomic E-state index is 12.8. The number of oxazole rings is 1. The van der Waals surface area contributed by atoms with Crippen molar-refractivity contribution in [3.8, 4) is 0 Å². The van der Waals surface area contributed by atoms with E-state index in [-0.39, 0.29) is 6.54 Å². The van der Waals surface area contributed by atoms with Gasteiger partial charge < -0.3 is 9.32 Å². The minimum absolute atomic E-state index is 0.0311. The second kappa shape index (κ2) is 5.18. The van der Waals surface area contributed by atoms with Gasteiger partial charge in [0.1, 0.15) is 0 Å². The first-order valence-corrected chi connectivity index (χ1v) is 8.27. The molecule has 1 aromatic carbocycles. The summed E-state index contributed by atoms with van der Waals surface area (Å²) in [6.45, 7) is 0.660. The smallest absolute Gasteiger partial charge is 0.406 e. The predicted molar refractivity (Wildman–Crippen MR) is 76.7 cm³/mol. The third-order valence-corrected chi connectivity index (χ3v) is 4.22. The molecule has 0 radical (unpaired) electrons. The van der Waals surface area contributed by atoms with Crippen molar-refractivity contribution in [1.82, 2.24) is 4.98 Å². The minimum Gasteiger partial charge on any atom is -0.406 e. The molecule has 6 nitrogen and oxygen atoms in total. The standard InChI is InChI=1S/C13H15FN2O4S/c14-21(18,19)7-6-16(8-9-4-5-9)11-3-1-2-10-12(11)20-13(17)15-10/h1-3,9H,4-8H2,(H,15,17). The quantitative estimate of drug-likeness (QED) is 0.820. The number of benzene rings is 1. The van der Waals surface area contributed by atoms with Crippen LogP contribution in [0.2, 0.25) is 0 Å². The number of H-pyrrole nitrogens is 1. The Morgan fingerprint density at radius 1 is 1.38 bits per heavy atom. The number of rotatable bonds is 6. The van der Waals surface area contributed by atoms with Crippen LogP contribution in [-0.4, -0.2) is 32.2 Å². The van der Waals surface area contributed by atoms with Gasteiger partial charge >= 0.3 is 16.0 Å². The van der Waals surface area contributed by atoms with Crippen molar-refractivity contribution in [3.05, 3.63) is 28.7 Å². The molecule has 1 N–H and O–H groups in total. The fourth-order valence-corrected chi connectivity index (χ4v) is 2.79. The van der Waals surface area contributed by atoms with Crippen molar-refractivity contribution < 1.29 is 16.7 Å². The third-order valence-electron chi connectivity index (χ3n) is 3.55. The lowest BCUT2D eigenvalue weighted by Gasteiger charge is -2.24. The number of hydrogen-bond donors (Lipinski definition) is 1. The van der Waals surface area contributed by atoms with Gasteiger partial charge in [0.2, 0.25) is 0 Å². The highest BCUT2D eigenvalue weighted by atomic mass is 32.3. The van der Waals surface area contributed by atoms with E-state index in [1.165, 1.54) is 0 Å². The Morgan fingerprint density at radius 2 is 2.14 bits per heavy atom. The van der Waals surface area contributed by atoms with E-state index in [0.717, 1.165) is 12.8 Å². The molecular formula is C13H15FN2O4S. The van der Waals surface area contributed by atoms with Crippen molar-refractivity contribution >= 4 is 27.0 Å². The molecule has 1 heterocycles. The summed E-state index contributed by atoms with van der Waals surface area (Å²) in [6.07, 6.45) is 2.15. The van der Waals surface area contributed by atoms with Crippen LogP contribution in [-0.2, 0) is 10.2 Å². The summed E-state index contributed by atoms with van der Waals surface area (Å²) in [4.78, 5) is 15.6. The van der Waals surface area contributed by atoms with Gasteiger partial charge in [0, 0.05) is 13.1 Å². The molecular weight excluding hydrogens is 299 g/mol. The number of halogens is 1. The number of nitrogens with zero attached hydrogens (tertiary/aromatic N) is 1. The fraction of sp³-hybridized carbons (Fsp3) is 0.462. The fourth-order valence-electron chi connectivity index (χ4n) is 2.35. The molecule has 21 heavy (non-hydrogen) atoms. The van der Waals surface area contributed by atoms with Crippen LogP contribution in [0.25, 0.3) is 11.1 Å². The Kier molecular flexibility index (Phi) is 3.48. The van der Waals surface area contributed by atoms with Gasteiger partial charge in [-0.3, -0.25) is 4.98 Å². The molecule has 0 saturated heterocycles. The maximum Gasteiger partial charge on any atom is 0.417 e. The molecule has 3 rings (SSSR count). The normalized spacial score (nSPS) is 15.5. The molecule has 8 heteroatoms. The summed E-state index contributed by atoms with van der Waals surface area (Å²) in [5, 5.41) is 0. The van der Waals surface area contributed by atoms with E-state index in [1.807, 2.05) is 0 Å². The molecule has 1 saturated carbocycles. The first-order chi connectivity index (χ1) is 9.92. The van der Waals surface area contributed by atoms with Gasteiger partial charge in [0.05, 0.1) is 17.0 Å². The second-order valence-electron chi connectivity index (χ2n) is 5.30. The molecule has 0 bridgehead atoms. The second-order valence-corrected chi connectivity index (χ2v) is 6.79. The third kappa shape index (κ3) is 3.44. The Labute approximate surface area is 120 Å². The number of fused-ring (bicyclic) bond motifs is 1. The van der Waals surface area contributed by atoms with Gasteiger partial charge in [0.15, 0.2) is 5.58 Å². The molecule has 1 fully saturated rings. The average molecular weight is 314 g/mol. The number of nitrogens with one attached hydrogen (secondary N) is 1. The summed E-state index contributed by atoms with van der Waals surface area (Å²) < 4.78 is 39.4. The Hall–Kier alpha value is -1.83. The first kappa shape index (κ1) is 14.1. The van der Waals surface area contributed by atoms with Gasteiger partial charge in [-0.1, -0.05) is 6.07 Å². The van der Waals surface area contributed by atoms with Crippen LogP contribution in [0.5, 0.6) is 0 Å². The molecule has 114 valence electrons. The van der Waals surface area contributed by atoms with Crippen molar-refractivity contribution in [1.29, 1.82) is 0 Å². The lowest BCUT2D eigenvalue weighted by atomic mass is 10.2. The zero-order valence-corrected chi connectivity index (χ0v) is 12.0. The Bertz CT molecular complexity index is 807. The van der Waals surface area contributed by atoms with Crippen LogP contribution in [0, 0.1) is 5.92 Å². The van der Waals surface area contributed by atoms with E-state index in [1.54, 1.807) is 23.1 Å². The highest BCUT2D eigenvalue weighted by molar-refractivity contribution is 7.86. The molecule has 2 aromatic rings. The summed E-state index contributed by atoms with van der Waals surface area (Å²) in [5.74, 6) is -0.666. The average Bonchev–Trinajstić information content (AvgIpc) is 3.12. The monoisotopic (exact) mass is 314 g/mol. The highest BCUT2D eigenvalue weighted by Crippen LogP contribution is 2.33. The van der Waals surface area contributed by atoms with E-state index in [9.17, 15) is 17.1 Å². The SMILES string of the molecule is O=c1[nH]c2cccc(N(CCS(=O)(=O)F)CC3CC3)c2o1. The number of para-hydroxylation sites is 1. The number of hydrogen-bond acceptors (Lipinski definition) is 5. The summed E-state index contributed by atoms with van der Waals surface area (Å²) in [5.41, 5.74) is 1.53. The van der Waals surface area contributed by atoms with Crippen molar-refractivity contribution in [2.75, 3.05) is 23.7 Å².